The Morgan fingerprint density at radius 2 is 0.831 bits per heavy atom. The lowest BCUT2D eigenvalue weighted by Crippen LogP contribution is -2.04. The van der Waals surface area contributed by atoms with Crippen molar-refractivity contribution in [2.45, 2.75) is 0 Å². The molecule has 0 amide bonds. The third kappa shape index (κ3) is 4.50. The molecule has 13 rings (SSSR count). The fourth-order valence-electron chi connectivity index (χ4n) is 9.79. The topological polar surface area (TPSA) is 40.6 Å². The zero-order valence-electron chi connectivity index (χ0n) is 31.8. The fraction of sp³-hybridized carbons (Fsp3) is 0. The van der Waals surface area contributed by atoms with Crippen molar-refractivity contribution in [3.63, 3.8) is 0 Å². The molecule has 0 aliphatic carbocycles. The van der Waals surface area contributed by atoms with Gasteiger partial charge in [-0.15, -0.1) is 0 Å². The van der Waals surface area contributed by atoms with Crippen molar-refractivity contribution in [1.82, 2.24) is 23.7 Å². The van der Waals surface area contributed by atoms with Gasteiger partial charge in [0.25, 0.3) is 0 Å². The van der Waals surface area contributed by atoms with E-state index in [4.69, 9.17) is 9.97 Å². The second-order valence-corrected chi connectivity index (χ2v) is 15.3. The Morgan fingerprint density at radius 3 is 1.53 bits per heavy atom. The summed E-state index contributed by atoms with van der Waals surface area (Å²) in [6, 6.07) is 71.7. The van der Waals surface area contributed by atoms with Crippen LogP contribution >= 0.6 is 0 Å². The average Bonchev–Trinajstić information content (AvgIpc) is 3.94. The van der Waals surface area contributed by atoms with Crippen LogP contribution in [0.4, 0.5) is 0 Å². The first-order chi connectivity index (χ1) is 29.3. The maximum Gasteiger partial charge on any atom is 0.165 e. The zero-order chi connectivity index (χ0) is 38.6. The molecule has 59 heavy (non-hydrogen) atoms. The van der Waals surface area contributed by atoms with E-state index < -0.39 is 0 Å². The maximum atomic E-state index is 5.61. The molecule has 0 unspecified atom stereocenters. The summed E-state index contributed by atoms with van der Waals surface area (Å²) in [5, 5.41) is 9.47. The largest absolute Gasteiger partial charge is 0.309 e. The minimum absolute atomic E-state index is 0.794. The Hall–Kier alpha value is -8.02. The van der Waals surface area contributed by atoms with Crippen LogP contribution in [0.1, 0.15) is 0 Å². The third-order valence-corrected chi connectivity index (χ3v) is 12.2. The molecular weight excluding hydrogens is 719 g/mol. The van der Waals surface area contributed by atoms with Crippen molar-refractivity contribution < 1.29 is 0 Å². The Morgan fingerprint density at radius 1 is 0.322 bits per heavy atom. The minimum Gasteiger partial charge on any atom is -0.309 e. The van der Waals surface area contributed by atoms with Crippen LogP contribution in [0.15, 0.2) is 200 Å². The van der Waals surface area contributed by atoms with Gasteiger partial charge in [-0.25, -0.2) is 9.97 Å². The first-order valence-corrected chi connectivity index (χ1v) is 20.1. The average molecular weight is 752 g/mol. The van der Waals surface area contributed by atoms with Crippen LogP contribution in [-0.2, 0) is 0 Å². The highest BCUT2D eigenvalue weighted by atomic mass is 15.1. The van der Waals surface area contributed by atoms with Gasteiger partial charge in [0, 0.05) is 49.0 Å². The smallest absolute Gasteiger partial charge is 0.165 e. The monoisotopic (exact) mass is 751 g/mol. The molecule has 0 fully saturated rings. The molecule has 4 aromatic heterocycles. The Labute approximate surface area is 338 Å². The molecule has 4 heterocycles. The van der Waals surface area contributed by atoms with Gasteiger partial charge in [0.15, 0.2) is 5.82 Å². The van der Waals surface area contributed by atoms with Crippen LogP contribution < -0.4 is 0 Å². The Bertz CT molecular complexity index is 3800. The molecule has 274 valence electrons. The first kappa shape index (κ1) is 32.1. The van der Waals surface area contributed by atoms with Gasteiger partial charge in [0.05, 0.1) is 49.8 Å². The van der Waals surface area contributed by atoms with Crippen LogP contribution in [0.2, 0.25) is 0 Å². The molecule has 0 saturated carbocycles. The van der Waals surface area contributed by atoms with Crippen molar-refractivity contribution in [3.05, 3.63) is 200 Å². The summed E-state index contributed by atoms with van der Waals surface area (Å²) >= 11 is 0. The maximum absolute atomic E-state index is 5.61. The van der Waals surface area contributed by atoms with Crippen molar-refractivity contribution in [2.24, 2.45) is 0 Å². The van der Waals surface area contributed by atoms with Crippen LogP contribution in [-0.4, -0.2) is 23.7 Å². The van der Waals surface area contributed by atoms with Gasteiger partial charge in [-0.2, -0.15) is 0 Å². The Balaban J connectivity index is 1.21. The van der Waals surface area contributed by atoms with Crippen LogP contribution in [0.5, 0.6) is 0 Å². The third-order valence-electron chi connectivity index (χ3n) is 12.2. The van der Waals surface area contributed by atoms with Gasteiger partial charge >= 0.3 is 0 Å². The lowest BCUT2D eigenvalue weighted by Gasteiger charge is -2.17. The van der Waals surface area contributed by atoms with Crippen molar-refractivity contribution >= 4 is 87.2 Å². The van der Waals surface area contributed by atoms with Crippen LogP contribution in [0.25, 0.3) is 116 Å². The van der Waals surface area contributed by atoms with Gasteiger partial charge in [0.2, 0.25) is 0 Å². The van der Waals surface area contributed by atoms with Gasteiger partial charge in [-0.1, -0.05) is 140 Å². The minimum atomic E-state index is 0.794. The number of aromatic nitrogens is 5. The molecule has 5 nitrogen and oxygen atoms in total. The van der Waals surface area contributed by atoms with Gasteiger partial charge in [-0.05, 0) is 66.0 Å². The lowest BCUT2D eigenvalue weighted by atomic mass is 10.0. The number of benzene rings is 9. The summed E-state index contributed by atoms with van der Waals surface area (Å²) in [4.78, 5) is 11.2. The molecule has 9 aromatic carbocycles. The highest BCUT2D eigenvalue weighted by Crippen LogP contribution is 2.46. The van der Waals surface area contributed by atoms with E-state index in [1.807, 2.05) is 6.07 Å². The number of fused-ring (bicyclic) bond motifs is 11. The summed E-state index contributed by atoms with van der Waals surface area (Å²) in [5.74, 6) is 0.794. The molecule has 0 saturated heterocycles. The SMILES string of the molecule is c1ccc(-n2c3ccccc3c3c(-c4nc5ccccc5nc4-n4c5ccccc5c5c(-n6c7ccccc7c7ccccc76)c6ccccc6cc54)cccc32)cc1. The van der Waals surface area contributed by atoms with Gasteiger partial charge < -0.3 is 9.13 Å². The van der Waals surface area contributed by atoms with Gasteiger partial charge in [0.1, 0.15) is 5.69 Å². The summed E-state index contributed by atoms with van der Waals surface area (Å²) in [7, 11) is 0. The van der Waals surface area contributed by atoms with E-state index in [9.17, 15) is 0 Å². The normalized spacial score (nSPS) is 12.1. The van der Waals surface area contributed by atoms with Crippen LogP contribution in [0.3, 0.4) is 0 Å². The van der Waals surface area contributed by atoms with E-state index >= 15 is 0 Å². The van der Waals surface area contributed by atoms with Crippen molar-refractivity contribution in [3.8, 4) is 28.5 Å². The summed E-state index contributed by atoms with van der Waals surface area (Å²) < 4.78 is 7.23. The van der Waals surface area contributed by atoms with E-state index in [1.165, 1.54) is 38.0 Å². The van der Waals surface area contributed by atoms with E-state index in [0.29, 0.717) is 0 Å². The van der Waals surface area contributed by atoms with E-state index in [1.54, 1.807) is 0 Å². The second-order valence-electron chi connectivity index (χ2n) is 15.3. The van der Waals surface area contributed by atoms with E-state index in [0.717, 1.165) is 77.7 Å². The number of hydrogen-bond acceptors (Lipinski definition) is 2. The summed E-state index contributed by atoms with van der Waals surface area (Å²) in [6.07, 6.45) is 0. The van der Waals surface area contributed by atoms with Crippen molar-refractivity contribution in [1.29, 1.82) is 0 Å². The predicted molar refractivity (Wildman–Crippen MR) is 245 cm³/mol. The highest BCUT2D eigenvalue weighted by molar-refractivity contribution is 6.23. The zero-order valence-corrected chi connectivity index (χ0v) is 31.8. The van der Waals surface area contributed by atoms with Crippen molar-refractivity contribution in [2.75, 3.05) is 0 Å². The Kier molecular flexibility index (Phi) is 6.66. The molecule has 5 heteroatoms. The molecular formula is C54H33N5. The quantitative estimate of drug-likeness (QED) is 0.180. The van der Waals surface area contributed by atoms with Gasteiger partial charge in [-0.3, -0.25) is 4.57 Å². The molecule has 0 aliphatic rings. The number of para-hydroxylation sites is 7. The summed E-state index contributed by atoms with van der Waals surface area (Å²) in [5.41, 5.74) is 12.6. The molecule has 13 aromatic rings. The molecule has 0 bridgehead atoms. The molecule has 0 atom stereocenters. The summed E-state index contributed by atoms with van der Waals surface area (Å²) in [6.45, 7) is 0. The van der Waals surface area contributed by atoms with E-state index in [-0.39, 0.29) is 0 Å². The number of hydrogen-bond donors (Lipinski definition) is 0. The molecule has 0 N–H and O–H groups in total. The first-order valence-electron chi connectivity index (χ1n) is 20.1. The molecule has 0 spiro atoms. The fourth-order valence-corrected chi connectivity index (χ4v) is 9.79. The number of nitrogens with zero attached hydrogens (tertiary/aromatic N) is 5. The lowest BCUT2D eigenvalue weighted by molar-refractivity contribution is 1.08. The molecule has 0 radical (unpaired) electrons. The standard InChI is InChI=1S/C54H33N5/c1-2-18-35(19-3-1)57-46-30-14-8-23-39(46)50-41(25-16-32-48(50)57)52-54(56-43-27-11-10-26-42(43)55-52)59-47-31-15-9-24-40(47)51-49(59)33-34-17-4-5-20-36(34)53(51)58-44-28-12-6-21-37(44)38-22-7-13-29-45(38)58/h1-33H. The predicted octanol–water partition coefficient (Wildman–Crippen LogP) is 13.7. The van der Waals surface area contributed by atoms with Crippen LogP contribution in [0, 0.1) is 0 Å². The molecule has 0 aliphatic heterocycles. The highest BCUT2D eigenvalue weighted by Gasteiger charge is 2.26. The second kappa shape index (κ2) is 12.2. The number of rotatable bonds is 4. The van der Waals surface area contributed by atoms with E-state index in [2.05, 4.69) is 208 Å².